The third-order valence-corrected chi connectivity index (χ3v) is 6.53. The van der Waals surface area contributed by atoms with Crippen molar-refractivity contribution in [3.63, 3.8) is 0 Å². The molecule has 1 aliphatic heterocycles. The minimum atomic E-state index is -3.06. The topological polar surface area (TPSA) is 79.7 Å². The number of rotatable bonds is 6. The number of ether oxygens (including phenoxy) is 1. The SMILES string of the molecule is CCN1Cc2nc3ccc(C#CCCNC(=O)C4CC4)cc3n2-c2c(OC(F)F)cccc2C(=O)N1C. The Bertz CT molecular complexity index is 1420. The van der Waals surface area contributed by atoms with Gasteiger partial charge >= 0.3 is 6.61 Å². The molecular formula is C27H27F2N5O3. The number of carbonyl (C=O) groups excluding carboxylic acids is 2. The molecule has 2 amide bonds. The molecule has 1 aromatic heterocycles. The molecular weight excluding hydrogens is 480 g/mol. The number of carbonyl (C=O) groups is 2. The smallest absolute Gasteiger partial charge is 0.387 e. The summed E-state index contributed by atoms with van der Waals surface area (Å²) >= 11 is 0. The fourth-order valence-corrected chi connectivity index (χ4v) is 4.47. The third-order valence-electron chi connectivity index (χ3n) is 6.53. The molecule has 10 heteroatoms. The van der Waals surface area contributed by atoms with Crippen LogP contribution in [-0.4, -0.2) is 58.1 Å². The number of alkyl halides is 2. The van der Waals surface area contributed by atoms with Gasteiger partial charge in [0.15, 0.2) is 5.75 Å². The maximum absolute atomic E-state index is 13.4. The Hall–Kier alpha value is -3.97. The number of hydrazine groups is 1. The number of aromatic nitrogens is 2. The predicted octanol–water partition coefficient (Wildman–Crippen LogP) is 3.72. The summed E-state index contributed by atoms with van der Waals surface area (Å²) in [5, 5.41) is 6.20. The molecule has 0 saturated heterocycles. The molecule has 1 saturated carbocycles. The Balaban J connectivity index is 1.56. The van der Waals surface area contributed by atoms with Crippen LogP contribution in [0, 0.1) is 17.8 Å². The molecule has 5 rings (SSSR count). The molecule has 2 aliphatic rings. The Morgan fingerprint density at radius 3 is 2.81 bits per heavy atom. The predicted molar refractivity (Wildman–Crippen MR) is 133 cm³/mol. The van der Waals surface area contributed by atoms with Gasteiger partial charge in [0.1, 0.15) is 11.5 Å². The van der Waals surface area contributed by atoms with Gasteiger partial charge in [-0.1, -0.05) is 24.8 Å². The number of nitrogens with zero attached hydrogens (tertiary/aromatic N) is 4. The number of hydrogen-bond donors (Lipinski definition) is 1. The quantitative estimate of drug-likeness (QED) is 0.407. The van der Waals surface area contributed by atoms with E-state index in [0.717, 1.165) is 12.8 Å². The lowest BCUT2D eigenvalue weighted by molar-refractivity contribution is -0.122. The highest BCUT2D eigenvalue weighted by Crippen LogP contribution is 2.35. The number of halogens is 2. The normalized spacial score (nSPS) is 15.5. The summed E-state index contributed by atoms with van der Waals surface area (Å²) in [7, 11) is 1.65. The molecule has 0 unspecified atom stereocenters. The van der Waals surface area contributed by atoms with Crippen LogP contribution in [-0.2, 0) is 11.3 Å². The first-order valence-electron chi connectivity index (χ1n) is 12.3. The first kappa shape index (κ1) is 24.7. The van der Waals surface area contributed by atoms with Crippen molar-refractivity contribution in [3.05, 3.63) is 53.3 Å². The van der Waals surface area contributed by atoms with Gasteiger partial charge in [-0.3, -0.25) is 19.2 Å². The van der Waals surface area contributed by atoms with Gasteiger partial charge in [-0.05, 0) is 43.2 Å². The number of amides is 2. The van der Waals surface area contributed by atoms with E-state index >= 15 is 0 Å². The van der Waals surface area contributed by atoms with Gasteiger partial charge in [0.25, 0.3) is 5.91 Å². The second-order valence-electron chi connectivity index (χ2n) is 9.02. The van der Waals surface area contributed by atoms with Crippen molar-refractivity contribution in [2.24, 2.45) is 5.92 Å². The maximum atomic E-state index is 13.4. The van der Waals surface area contributed by atoms with Crippen molar-refractivity contribution in [1.82, 2.24) is 24.9 Å². The van der Waals surface area contributed by atoms with E-state index in [2.05, 4.69) is 17.2 Å². The van der Waals surface area contributed by atoms with Crippen LogP contribution in [0.25, 0.3) is 16.7 Å². The van der Waals surface area contributed by atoms with Gasteiger partial charge < -0.3 is 10.1 Å². The first-order valence-corrected chi connectivity index (χ1v) is 12.3. The Labute approximate surface area is 213 Å². The van der Waals surface area contributed by atoms with Crippen molar-refractivity contribution in [1.29, 1.82) is 0 Å². The fraction of sp³-hybridized carbons (Fsp3) is 0.370. The van der Waals surface area contributed by atoms with Crippen LogP contribution < -0.4 is 10.1 Å². The monoisotopic (exact) mass is 507 g/mol. The summed E-state index contributed by atoms with van der Waals surface area (Å²) < 4.78 is 33.3. The molecule has 37 heavy (non-hydrogen) atoms. The number of benzene rings is 2. The number of imidazole rings is 1. The second-order valence-corrected chi connectivity index (χ2v) is 9.02. The second kappa shape index (κ2) is 10.2. The zero-order chi connectivity index (χ0) is 26.1. The summed E-state index contributed by atoms with van der Waals surface area (Å²) in [6, 6.07) is 10.0. The first-order chi connectivity index (χ1) is 17.9. The molecule has 1 fully saturated rings. The minimum Gasteiger partial charge on any atom is -0.433 e. The van der Waals surface area contributed by atoms with Crippen molar-refractivity contribution >= 4 is 22.8 Å². The van der Waals surface area contributed by atoms with Gasteiger partial charge in [-0.2, -0.15) is 8.78 Å². The van der Waals surface area contributed by atoms with E-state index in [-0.39, 0.29) is 41.3 Å². The molecule has 3 aromatic rings. The zero-order valence-corrected chi connectivity index (χ0v) is 20.6. The van der Waals surface area contributed by atoms with E-state index < -0.39 is 6.61 Å². The number of nitrogens with one attached hydrogen (secondary N) is 1. The number of hydrogen-bond acceptors (Lipinski definition) is 5. The van der Waals surface area contributed by atoms with E-state index in [1.54, 1.807) is 17.7 Å². The molecule has 2 heterocycles. The highest BCUT2D eigenvalue weighted by Gasteiger charge is 2.31. The van der Waals surface area contributed by atoms with Crippen LogP contribution in [0.1, 0.15) is 47.9 Å². The van der Waals surface area contributed by atoms with Gasteiger partial charge in [-0.25, -0.2) is 9.99 Å². The van der Waals surface area contributed by atoms with E-state index in [4.69, 9.17) is 9.72 Å². The minimum absolute atomic E-state index is 0.0860. The Kier molecular flexibility index (Phi) is 6.80. The van der Waals surface area contributed by atoms with E-state index in [9.17, 15) is 18.4 Å². The summed E-state index contributed by atoms with van der Waals surface area (Å²) in [4.78, 5) is 29.9. The van der Waals surface area contributed by atoms with Crippen molar-refractivity contribution < 1.29 is 23.1 Å². The van der Waals surface area contributed by atoms with Gasteiger partial charge in [0.05, 0.1) is 23.1 Å². The number of para-hydroxylation sites is 1. The largest absolute Gasteiger partial charge is 0.433 e. The lowest BCUT2D eigenvalue weighted by atomic mass is 10.1. The summed E-state index contributed by atoms with van der Waals surface area (Å²) in [5.74, 6) is 6.56. The molecule has 0 radical (unpaired) electrons. The summed E-state index contributed by atoms with van der Waals surface area (Å²) in [6.07, 6.45) is 2.42. The Morgan fingerprint density at radius 1 is 1.27 bits per heavy atom. The van der Waals surface area contributed by atoms with E-state index in [0.29, 0.717) is 41.9 Å². The van der Waals surface area contributed by atoms with Gasteiger partial charge in [-0.15, -0.1) is 0 Å². The molecule has 0 atom stereocenters. The van der Waals surface area contributed by atoms with Crippen LogP contribution in [0.5, 0.6) is 5.75 Å². The molecule has 192 valence electrons. The molecule has 2 aromatic carbocycles. The van der Waals surface area contributed by atoms with Crippen LogP contribution in [0.15, 0.2) is 36.4 Å². The van der Waals surface area contributed by atoms with E-state index in [1.165, 1.54) is 17.1 Å². The van der Waals surface area contributed by atoms with Crippen LogP contribution >= 0.6 is 0 Å². The number of fused-ring (bicyclic) bond motifs is 5. The molecule has 8 nitrogen and oxygen atoms in total. The zero-order valence-electron chi connectivity index (χ0n) is 20.6. The van der Waals surface area contributed by atoms with E-state index in [1.807, 2.05) is 30.1 Å². The van der Waals surface area contributed by atoms with Crippen LogP contribution in [0.2, 0.25) is 0 Å². The maximum Gasteiger partial charge on any atom is 0.387 e. The molecule has 1 aliphatic carbocycles. The lowest BCUT2D eigenvalue weighted by Gasteiger charge is -2.34. The molecule has 1 N–H and O–H groups in total. The van der Waals surface area contributed by atoms with Crippen molar-refractivity contribution in [3.8, 4) is 23.3 Å². The fourth-order valence-electron chi connectivity index (χ4n) is 4.47. The summed E-state index contributed by atoms with van der Waals surface area (Å²) in [5.41, 5.74) is 2.42. The molecule has 0 bridgehead atoms. The average Bonchev–Trinajstić information content (AvgIpc) is 3.67. The lowest BCUT2D eigenvalue weighted by Crippen LogP contribution is -2.45. The highest BCUT2D eigenvalue weighted by molar-refractivity contribution is 5.99. The highest BCUT2D eigenvalue weighted by atomic mass is 19.3. The molecule has 0 spiro atoms. The van der Waals surface area contributed by atoms with Crippen LogP contribution in [0.4, 0.5) is 8.78 Å². The van der Waals surface area contributed by atoms with Gasteiger partial charge in [0.2, 0.25) is 5.91 Å². The summed E-state index contributed by atoms with van der Waals surface area (Å²) in [6.45, 7) is 0.185. The van der Waals surface area contributed by atoms with Crippen LogP contribution in [0.3, 0.4) is 0 Å². The van der Waals surface area contributed by atoms with Gasteiger partial charge in [0, 0.05) is 38.0 Å². The third kappa shape index (κ3) is 5.00. The average molecular weight is 508 g/mol. The standard InChI is InChI=1S/C27H27F2N5O3/c1-3-33-16-23-31-20-13-10-17(7-4-5-14-30-25(35)18-11-12-18)15-21(20)34(23)24-19(26(36)32(33)2)8-6-9-22(24)37-27(28)29/h6,8-10,13,15,18,27H,3,5,11-12,14,16H2,1-2H3,(H,30,35). The van der Waals surface area contributed by atoms with Crippen molar-refractivity contribution in [2.45, 2.75) is 39.3 Å². The van der Waals surface area contributed by atoms with Crippen molar-refractivity contribution in [2.75, 3.05) is 20.1 Å². The Morgan fingerprint density at radius 2 is 2.08 bits per heavy atom.